The summed E-state index contributed by atoms with van der Waals surface area (Å²) in [5.41, 5.74) is 25.7. The number of hydrogen-bond acceptors (Lipinski definition) is 31. The van der Waals surface area contributed by atoms with Gasteiger partial charge in [0.2, 0.25) is 21.8 Å². The first-order valence-electron chi connectivity index (χ1n) is 43.0. The zero-order chi connectivity index (χ0) is 94.2. The van der Waals surface area contributed by atoms with Crippen molar-refractivity contribution in [1.82, 2.24) is 88.7 Å². The van der Waals surface area contributed by atoms with E-state index in [0.717, 1.165) is 147 Å². The van der Waals surface area contributed by atoms with Gasteiger partial charge in [-0.1, -0.05) is 0 Å². The smallest absolute Gasteiger partial charge is 0.216 e. The SMILES string of the molecule is CCS(=O)(=O)NCCN(c1cc(OC)cc(OC)c1)c1ccc2ncc(-c3cnn(C)c3)nc2c1.COc1cc(OC)cc(N(CC2CC2)c2ccc3ncc(-c4cnn(CCO)c4)nc3c2)c1.COc1cc(OC)cc(N(Cc2ccco2)c2ccc3ncc(-c4cnn(C)c4)nc3c2)c1.COc1cc(OC)cc(N(Cc2ncc(N)o2)c2ccc3ncc(-c4cnn(C)c4)nc3c2)c1. The van der Waals surface area contributed by atoms with E-state index in [1.165, 1.54) is 19.0 Å². The van der Waals surface area contributed by atoms with Gasteiger partial charge >= 0.3 is 0 Å². The third-order valence-electron chi connectivity index (χ3n) is 22.1. The van der Waals surface area contributed by atoms with Crippen molar-refractivity contribution < 1.29 is 60.3 Å². The fraction of sp³-hybridized carbons (Fsp3) is 0.235. The molecule has 8 aromatic carbocycles. The highest BCUT2D eigenvalue weighted by Gasteiger charge is 2.28. The van der Waals surface area contributed by atoms with Crippen molar-refractivity contribution in [3.8, 4) is 91.0 Å². The number of anilines is 9. The summed E-state index contributed by atoms with van der Waals surface area (Å²) in [6.45, 7) is 4.45. The standard InChI is InChI=1S/C25H23N5O3.C25H27N5O3.C24H23N7O3.C24H28N6O4S/c1-29-15-17(13-27-29)25-14-26-23-7-6-18(11-24(23)28-25)30(16-20-5-4-8-33-20)19-9-21(31-2)12-22(10-19)32-3;1-32-21-9-20(10-22(12-21)33-2)30(15-17-3-4-17)19-5-6-23-24(11-19)28-25(14-26-23)18-13-27-29(16-18)7-8-31;1-30-13-15(10-28-30)22-11-26-20-5-4-16(8-21(20)29-22)31(14-24-27-12-23(25)34-24)17-6-18(32-2)9-19(7-17)33-3;1-5-35(31,32)27-8-9-30(19-10-20(33-3)13-21(11-19)34-4)18-6-7-22-23(12-18)28-24(15-25-22)17-14-26-29(2)16-17/h4-15H,16H2,1-3H3;5-6,9-14,16-17,31H,3-4,7-8,15H2,1-2H3;4-13H,14,25H2,1-3H3;6-7,10-16,27H,5,8-9H2,1-4H3. The van der Waals surface area contributed by atoms with Crippen molar-refractivity contribution in [1.29, 1.82) is 0 Å². The van der Waals surface area contributed by atoms with E-state index in [0.29, 0.717) is 83.7 Å². The Morgan fingerprint density at radius 2 is 0.770 bits per heavy atom. The maximum absolute atomic E-state index is 12.0. The summed E-state index contributed by atoms with van der Waals surface area (Å²) in [4.78, 5) is 50.4. The van der Waals surface area contributed by atoms with Gasteiger partial charge in [0.05, 0.1) is 218 Å². The van der Waals surface area contributed by atoms with Crippen LogP contribution in [0.25, 0.3) is 89.2 Å². The van der Waals surface area contributed by atoms with Gasteiger partial charge in [-0.2, -0.15) is 20.4 Å². The van der Waals surface area contributed by atoms with Crippen LogP contribution in [0.15, 0.2) is 253 Å². The van der Waals surface area contributed by atoms with Crippen LogP contribution in [-0.2, 0) is 50.8 Å². The van der Waals surface area contributed by atoms with E-state index < -0.39 is 10.0 Å². The molecule has 10 heterocycles. The number of oxazole rings is 1. The molecule has 1 aliphatic rings. The Bertz CT molecular complexity index is 7180. The van der Waals surface area contributed by atoms with Gasteiger partial charge in [0, 0.05) is 206 Å². The average Bonchev–Trinajstić information content (AvgIpc) is 1.79. The molecular weight excluding hydrogens is 1740 g/mol. The molecule has 0 aliphatic heterocycles. The van der Waals surface area contributed by atoms with Crippen LogP contribution in [-0.4, -0.2) is 186 Å². The molecule has 135 heavy (non-hydrogen) atoms. The summed E-state index contributed by atoms with van der Waals surface area (Å²) in [7, 11) is 15.3. The fourth-order valence-electron chi connectivity index (χ4n) is 14.9. The van der Waals surface area contributed by atoms with Crippen LogP contribution >= 0.6 is 0 Å². The summed E-state index contributed by atoms with van der Waals surface area (Å²) in [5, 5.41) is 26.1. The summed E-state index contributed by atoms with van der Waals surface area (Å²) in [5.74, 6) is 7.72. The Morgan fingerprint density at radius 1 is 0.415 bits per heavy atom. The number of benzene rings is 8. The van der Waals surface area contributed by atoms with E-state index in [4.69, 9.17) is 77.5 Å². The van der Waals surface area contributed by atoms with E-state index in [2.05, 4.69) is 72.0 Å². The van der Waals surface area contributed by atoms with Gasteiger partial charge in [0.1, 0.15) is 51.8 Å². The number of aliphatic hydroxyl groups is 1. The van der Waals surface area contributed by atoms with Crippen LogP contribution in [0.2, 0.25) is 0 Å². The van der Waals surface area contributed by atoms with E-state index in [9.17, 15) is 8.42 Å². The summed E-state index contributed by atoms with van der Waals surface area (Å²) in [6.07, 6.45) is 27.3. The van der Waals surface area contributed by atoms with Gasteiger partial charge < -0.3 is 77.2 Å². The average molecular weight is 1840 g/mol. The largest absolute Gasteiger partial charge is 0.497 e. The molecule has 692 valence electrons. The van der Waals surface area contributed by atoms with Gasteiger partial charge in [0.15, 0.2) is 0 Å². The number of hydrogen-bond donors (Lipinski definition) is 3. The van der Waals surface area contributed by atoms with Crippen LogP contribution in [0.1, 0.15) is 31.4 Å². The maximum Gasteiger partial charge on any atom is 0.216 e. The van der Waals surface area contributed by atoms with Crippen molar-refractivity contribution >= 4 is 106 Å². The zero-order valence-electron chi connectivity index (χ0n) is 76.5. The van der Waals surface area contributed by atoms with Crippen molar-refractivity contribution in [3.05, 3.63) is 256 Å². The number of sulfonamides is 1. The maximum atomic E-state index is 12.0. The number of nitrogen functional groups attached to an aromatic ring is 1. The molecular formula is C98H101N23O13S. The molecule has 10 aromatic heterocycles. The Balaban J connectivity index is 0.000000131. The van der Waals surface area contributed by atoms with Crippen molar-refractivity contribution in [2.75, 3.05) is 114 Å². The molecule has 0 saturated heterocycles. The number of rotatable bonds is 33. The third kappa shape index (κ3) is 22.7. The zero-order valence-corrected chi connectivity index (χ0v) is 77.3. The van der Waals surface area contributed by atoms with E-state index in [-0.39, 0.29) is 24.8 Å². The second kappa shape index (κ2) is 41.9. The van der Waals surface area contributed by atoms with E-state index in [1.54, 1.807) is 144 Å². The number of furan rings is 1. The fourth-order valence-corrected chi connectivity index (χ4v) is 15.5. The third-order valence-corrected chi connectivity index (χ3v) is 23.5. The molecule has 0 amide bonds. The Kier molecular flexibility index (Phi) is 28.5. The van der Waals surface area contributed by atoms with Crippen molar-refractivity contribution in [3.63, 3.8) is 0 Å². The number of methoxy groups -OCH3 is 8. The highest BCUT2D eigenvalue weighted by atomic mass is 32.2. The first-order valence-corrected chi connectivity index (χ1v) is 44.7. The quantitative estimate of drug-likeness (QED) is 0.0344. The van der Waals surface area contributed by atoms with E-state index in [1.807, 2.05) is 195 Å². The topological polar surface area (TPSA) is 393 Å². The van der Waals surface area contributed by atoms with Crippen LogP contribution in [0.5, 0.6) is 46.0 Å². The lowest BCUT2D eigenvalue weighted by Gasteiger charge is -2.26. The first kappa shape index (κ1) is 92.0. The lowest BCUT2D eigenvalue weighted by Crippen LogP contribution is -2.33. The summed E-state index contributed by atoms with van der Waals surface area (Å²) in [6, 6.07) is 50.6. The van der Waals surface area contributed by atoms with Crippen molar-refractivity contribution in [2.24, 2.45) is 27.1 Å². The molecule has 0 spiro atoms. The predicted octanol–water partition coefficient (Wildman–Crippen LogP) is 16.1. The number of ether oxygens (including phenoxy) is 8. The Labute approximate surface area is 778 Å². The van der Waals surface area contributed by atoms with Crippen LogP contribution < -0.4 is 68.0 Å². The molecule has 0 atom stereocenters. The molecule has 19 rings (SSSR count). The molecule has 36 nitrogen and oxygen atoms in total. The van der Waals surface area contributed by atoms with Gasteiger partial charge in [-0.15, -0.1) is 0 Å². The highest BCUT2D eigenvalue weighted by Crippen LogP contribution is 2.43. The predicted molar refractivity (Wildman–Crippen MR) is 517 cm³/mol. The molecule has 0 unspecified atom stereocenters. The first-order chi connectivity index (χ1) is 65.6. The minimum absolute atomic E-state index is 0.0165. The summed E-state index contributed by atoms with van der Waals surface area (Å²) < 4.78 is 88.6. The molecule has 0 radical (unpaired) electrons. The van der Waals surface area contributed by atoms with Gasteiger partial charge in [-0.25, -0.2) is 38.1 Å². The minimum Gasteiger partial charge on any atom is -0.497 e. The van der Waals surface area contributed by atoms with Gasteiger partial charge in [0.25, 0.3) is 0 Å². The van der Waals surface area contributed by atoms with Gasteiger partial charge in [-0.3, -0.25) is 38.7 Å². The summed E-state index contributed by atoms with van der Waals surface area (Å²) >= 11 is 0. The van der Waals surface area contributed by atoms with Gasteiger partial charge in [-0.05, 0) is 111 Å². The molecule has 0 bridgehead atoms. The minimum atomic E-state index is -3.33. The van der Waals surface area contributed by atoms with Crippen molar-refractivity contribution in [2.45, 2.75) is 39.4 Å². The molecule has 1 saturated carbocycles. The number of aromatic nitrogens is 17. The second-order valence-electron chi connectivity index (χ2n) is 31.3. The lowest BCUT2D eigenvalue weighted by molar-refractivity contribution is 0.269. The number of aryl methyl sites for hydroxylation is 3. The molecule has 1 fully saturated rings. The van der Waals surface area contributed by atoms with E-state index >= 15 is 0 Å². The highest BCUT2D eigenvalue weighted by molar-refractivity contribution is 7.89. The Morgan fingerprint density at radius 3 is 1.10 bits per heavy atom. The number of nitrogens with zero attached hydrogens (tertiary/aromatic N) is 21. The lowest BCUT2D eigenvalue weighted by atomic mass is 10.1. The molecule has 37 heteroatoms. The molecule has 18 aromatic rings. The monoisotopic (exact) mass is 1840 g/mol. The number of fused-ring (bicyclic) bond motifs is 4. The van der Waals surface area contributed by atoms with Crippen LogP contribution in [0, 0.1) is 5.92 Å². The van der Waals surface area contributed by atoms with Crippen LogP contribution in [0.4, 0.5) is 51.4 Å². The number of aliphatic hydroxyl groups excluding tert-OH is 1. The molecule has 1 aliphatic carbocycles. The number of nitrogens with one attached hydrogen (secondary N) is 1. The normalized spacial score (nSPS) is 11.7. The number of nitrogens with two attached hydrogens (primary N) is 1. The second-order valence-corrected chi connectivity index (χ2v) is 33.4. The van der Waals surface area contributed by atoms with Crippen LogP contribution in [0.3, 0.4) is 0 Å². The Hall–Kier alpha value is -16.3. The molecule has 4 N–H and O–H groups in total.